The maximum absolute atomic E-state index is 6.08. The highest BCUT2D eigenvalue weighted by molar-refractivity contribution is 9.08. The van der Waals surface area contributed by atoms with Crippen LogP contribution in [0.2, 0.25) is 5.02 Å². The number of rotatable bonds is 8. The molecule has 0 spiro atoms. The molecule has 0 saturated heterocycles. The van der Waals surface area contributed by atoms with Crippen LogP contribution in [0, 0.1) is 0 Å². The molecule has 0 unspecified atom stereocenters. The Balaban J connectivity index is 2.27. The molecule has 96 valence electrons. The summed E-state index contributed by atoms with van der Waals surface area (Å²) in [5.41, 5.74) is 1.14. The fourth-order valence-electron chi connectivity index (χ4n) is 1.30. The minimum Gasteiger partial charge on any atom is -0.490 e. The minimum absolute atomic E-state index is 0.539. The van der Waals surface area contributed by atoms with E-state index in [1.54, 1.807) is 0 Å². The van der Waals surface area contributed by atoms with Crippen molar-refractivity contribution in [1.82, 2.24) is 0 Å². The predicted molar refractivity (Wildman–Crippen MR) is 75.3 cm³/mol. The van der Waals surface area contributed by atoms with Gasteiger partial charge in [0.2, 0.25) is 0 Å². The van der Waals surface area contributed by atoms with Crippen LogP contribution in [-0.2, 0) is 10.1 Å². The fraction of sp³-hybridized carbons (Fsp3) is 0.538. The minimum atomic E-state index is 0.539. The Morgan fingerprint density at radius 3 is 2.71 bits per heavy atom. The van der Waals surface area contributed by atoms with E-state index in [4.69, 9.17) is 21.1 Å². The number of ether oxygens (including phenoxy) is 2. The van der Waals surface area contributed by atoms with Crippen molar-refractivity contribution in [3.8, 4) is 5.75 Å². The van der Waals surface area contributed by atoms with Gasteiger partial charge in [-0.15, -0.1) is 0 Å². The average Bonchev–Trinajstić information content (AvgIpc) is 2.35. The van der Waals surface area contributed by atoms with E-state index in [9.17, 15) is 0 Å². The molecule has 0 fully saturated rings. The first-order chi connectivity index (χ1) is 8.27. The van der Waals surface area contributed by atoms with Gasteiger partial charge in [-0.2, -0.15) is 0 Å². The van der Waals surface area contributed by atoms with Crippen LogP contribution in [0.5, 0.6) is 5.75 Å². The molecule has 0 heterocycles. The highest BCUT2D eigenvalue weighted by atomic mass is 79.9. The van der Waals surface area contributed by atoms with E-state index in [2.05, 4.69) is 22.9 Å². The van der Waals surface area contributed by atoms with Crippen LogP contribution in [0.15, 0.2) is 18.2 Å². The number of halogens is 2. The first-order valence-electron chi connectivity index (χ1n) is 5.83. The molecule has 0 aliphatic carbocycles. The number of hydrogen-bond donors (Lipinski definition) is 0. The molecule has 1 aromatic carbocycles. The van der Waals surface area contributed by atoms with E-state index >= 15 is 0 Å². The number of alkyl halides is 1. The topological polar surface area (TPSA) is 18.5 Å². The van der Waals surface area contributed by atoms with Gasteiger partial charge in [0.05, 0.1) is 11.6 Å². The summed E-state index contributed by atoms with van der Waals surface area (Å²) in [4.78, 5) is 0. The third-order valence-electron chi connectivity index (χ3n) is 2.28. The lowest BCUT2D eigenvalue weighted by atomic mass is 10.2. The zero-order chi connectivity index (χ0) is 12.5. The van der Waals surface area contributed by atoms with Crippen LogP contribution in [0.3, 0.4) is 0 Å². The molecule has 2 nitrogen and oxygen atoms in total. The number of hydrogen-bond acceptors (Lipinski definition) is 2. The van der Waals surface area contributed by atoms with Crippen molar-refractivity contribution in [2.75, 3.05) is 19.8 Å². The molecule has 1 aromatic rings. The maximum Gasteiger partial charge on any atom is 0.138 e. The largest absolute Gasteiger partial charge is 0.490 e. The van der Waals surface area contributed by atoms with Crippen LogP contribution < -0.4 is 4.74 Å². The van der Waals surface area contributed by atoms with Gasteiger partial charge < -0.3 is 9.47 Å². The van der Waals surface area contributed by atoms with Crippen molar-refractivity contribution in [3.63, 3.8) is 0 Å². The molecular formula is C13H18BrClO2. The Bertz CT molecular complexity index is 331. The first-order valence-corrected chi connectivity index (χ1v) is 7.32. The lowest BCUT2D eigenvalue weighted by molar-refractivity contribution is 0.0981. The van der Waals surface area contributed by atoms with E-state index in [-0.39, 0.29) is 0 Å². The molecule has 4 heteroatoms. The molecule has 1 rings (SSSR count). The van der Waals surface area contributed by atoms with Gasteiger partial charge >= 0.3 is 0 Å². The SMILES string of the molecule is CCCCOCCOc1ccc(CBr)cc1Cl. The van der Waals surface area contributed by atoms with Gasteiger partial charge in [0.25, 0.3) is 0 Å². The lowest BCUT2D eigenvalue weighted by Gasteiger charge is -2.09. The van der Waals surface area contributed by atoms with Crippen molar-refractivity contribution in [2.24, 2.45) is 0 Å². The monoisotopic (exact) mass is 320 g/mol. The van der Waals surface area contributed by atoms with E-state index in [0.717, 1.165) is 36.1 Å². The molecule has 0 bridgehead atoms. The summed E-state index contributed by atoms with van der Waals surface area (Å²) in [7, 11) is 0. The maximum atomic E-state index is 6.08. The Hall–Kier alpha value is -0.250. The number of unbranched alkanes of at least 4 members (excludes halogenated alkanes) is 1. The van der Waals surface area contributed by atoms with Gasteiger partial charge in [-0.3, -0.25) is 0 Å². The zero-order valence-corrected chi connectivity index (χ0v) is 12.4. The Labute approximate surface area is 116 Å². The Morgan fingerprint density at radius 2 is 2.06 bits per heavy atom. The summed E-state index contributed by atoms with van der Waals surface area (Å²) in [5, 5.41) is 1.45. The summed E-state index contributed by atoms with van der Waals surface area (Å²) in [6, 6.07) is 5.79. The summed E-state index contributed by atoms with van der Waals surface area (Å²) in [6.45, 7) is 4.09. The molecular weight excluding hydrogens is 303 g/mol. The summed E-state index contributed by atoms with van der Waals surface area (Å²) < 4.78 is 10.9. The van der Waals surface area contributed by atoms with Gasteiger partial charge in [-0.05, 0) is 24.1 Å². The van der Waals surface area contributed by atoms with Crippen LogP contribution in [0.25, 0.3) is 0 Å². The first kappa shape index (κ1) is 14.8. The van der Waals surface area contributed by atoms with E-state index in [0.29, 0.717) is 18.2 Å². The van der Waals surface area contributed by atoms with Gasteiger partial charge in [-0.25, -0.2) is 0 Å². The highest BCUT2D eigenvalue weighted by Crippen LogP contribution is 2.26. The molecule has 0 aliphatic heterocycles. The van der Waals surface area contributed by atoms with Gasteiger partial charge in [0.1, 0.15) is 12.4 Å². The quantitative estimate of drug-likeness (QED) is 0.521. The molecule has 0 atom stereocenters. The smallest absolute Gasteiger partial charge is 0.138 e. The summed E-state index contributed by atoms with van der Waals surface area (Å²) in [5.74, 6) is 0.718. The van der Waals surface area contributed by atoms with Crippen LogP contribution in [0.4, 0.5) is 0 Å². The van der Waals surface area contributed by atoms with Crippen LogP contribution in [0.1, 0.15) is 25.3 Å². The normalized spacial score (nSPS) is 10.5. The lowest BCUT2D eigenvalue weighted by Crippen LogP contribution is -2.07. The molecule has 0 aliphatic rings. The predicted octanol–water partition coefficient (Wildman–Crippen LogP) is 4.43. The molecule has 0 amide bonds. The Morgan fingerprint density at radius 1 is 1.24 bits per heavy atom. The van der Waals surface area contributed by atoms with Crippen molar-refractivity contribution in [1.29, 1.82) is 0 Å². The van der Waals surface area contributed by atoms with Gasteiger partial charge in [0, 0.05) is 11.9 Å². The molecule has 0 radical (unpaired) electrons. The van der Waals surface area contributed by atoms with Crippen molar-refractivity contribution in [2.45, 2.75) is 25.1 Å². The zero-order valence-electron chi connectivity index (χ0n) is 10.0. The molecule has 0 aromatic heterocycles. The number of benzene rings is 1. The van der Waals surface area contributed by atoms with E-state index < -0.39 is 0 Å². The van der Waals surface area contributed by atoms with E-state index in [1.165, 1.54) is 0 Å². The van der Waals surface area contributed by atoms with Crippen LogP contribution in [-0.4, -0.2) is 19.8 Å². The van der Waals surface area contributed by atoms with Gasteiger partial charge in [-0.1, -0.05) is 46.9 Å². The molecule has 0 saturated carbocycles. The second kappa shape index (κ2) is 8.78. The van der Waals surface area contributed by atoms with Crippen molar-refractivity contribution >= 4 is 27.5 Å². The molecule has 0 N–H and O–H groups in total. The Kier molecular flexibility index (Phi) is 7.65. The van der Waals surface area contributed by atoms with Crippen molar-refractivity contribution in [3.05, 3.63) is 28.8 Å². The fourth-order valence-corrected chi connectivity index (χ4v) is 1.91. The van der Waals surface area contributed by atoms with Gasteiger partial charge in [0.15, 0.2) is 0 Å². The summed E-state index contributed by atoms with van der Waals surface area (Å²) >= 11 is 9.47. The van der Waals surface area contributed by atoms with E-state index in [1.807, 2.05) is 18.2 Å². The summed E-state index contributed by atoms with van der Waals surface area (Å²) in [6.07, 6.45) is 2.25. The highest BCUT2D eigenvalue weighted by Gasteiger charge is 2.02. The second-order valence-corrected chi connectivity index (χ2v) is 4.68. The average molecular weight is 322 g/mol. The standard InChI is InChI=1S/C13H18BrClO2/c1-2-3-6-16-7-8-17-13-5-4-11(10-14)9-12(13)15/h4-5,9H,2-3,6-8,10H2,1H3. The molecule has 17 heavy (non-hydrogen) atoms. The second-order valence-electron chi connectivity index (χ2n) is 3.71. The third kappa shape index (κ3) is 5.75. The third-order valence-corrected chi connectivity index (χ3v) is 3.22. The van der Waals surface area contributed by atoms with Crippen molar-refractivity contribution < 1.29 is 9.47 Å². The van der Waals surface area contributed by atoms with Crippen LogP contribution >= 0.6 is 27.5 Å².